The molecule has 2 aromatic heterocycles. The Hall–Kier alpha value is -3.19. The van der Waals surface area contributed by atoms with Crippen LogP contribution in [0.3, 0.4) is 0 Å². The fraction of sp³-hybridized carbons (Fsp3) is 0.0500. The average molecular weight is 424 g/mol. The summed E-state index contributed by atoms with van der Waals surface area (Å²) in [6, 6.07) is 19.3. The van der Waals surface area contributed by atoms with E-state index in [1.54, 1.807) is 60.8 Å². The van der Waals surface area contributed by atoms with Gasteiger partial charge in [0, 0.05) is 16.7 Å². The lowest BCUT2D eigenvalue weighted by Gasteiger charge is -2.14. The fourth-order valence-electron chi connectivity index (χ4n) is 2.84. The predicted molar refractivity (Wildman–Crippen MR) is 105 cm³/mol. The molecule has 134 valence electrons. The molecule has 0 unspecified atom stereocenters. The summed E-state index contributed by atoms with van der Waals surface area (Å²) in [5.74, 6) is 0. The zero-order valence-corrected chi connectivity index (χ0v) is 15.7. The molecule has 0 saturated carbocycles. The Morgan fingerprint density at radius 3 is 2.67 bits per heavy atom. The highest BCUT2D eigenvalue weighted by atomic mass is 79.9. The maximum atomic E-state index is 13.1. The van der Waals surface area contributed by atoms with Gasteiger partial charge in [0.05, 0.1) is 11.3 Å². The SMILES string of the molecule is O=c1c(-c2cccc(Br)c2)[n+]([O-])c2ccccc2n1OCc1ccccn1. The van der Waals surface area contributed by atoms with E-state index in [4.69, 9.17) is 4.84 Å². The highest BCUT2D eigenvalue weighted by molar-refractivity contribution is 9.10. The van der Waals surface area contributed by atoms with Crippen LogP contribution in [0.4, 0.5) is 0 Å². The molecule has 2 heterocycles. The van der Waals surface area contributed by atoms with Crippen molar-refractivity contribution < 1.29 is 9.57 Å². The summed E-state index contributed by atoms with van der Waals surface area (Å²) in [7, 11) is 0. The van der Waals surface area contributed by atoms with E-state index in [0.29, 0.717) is 27.0 Å². The number of nitrogens with zero attached hydrogens (tertiary/aromatic N) is 3. The van der Waals surface area contributed by atoms with E-state index in [1.807, 2.05) is 12.1 Å². The first kappa shape index (κ1) is 17.2. The normalized spacial score (nSPS) is 10.9. The van der Waals surface area contributed by atoms with Gasteiger partial charge in [-0.15, -0.1) is 4.73 Å². The Kier molecular flexibility index (Phi) is 4.60. The standard InChI is InChI=1S/C20H14BrN3O3/c21-15-7-5-6-14(12-15)19-20(25)24(27-13-16-8-3-4-11-22-16)18-10-2-1-9-17(18)23(19)26/h1-12H,13H2. The number of hydrogen-bond donors (Lipinski definition) is 0. The zero-order chi connectivity index (χ0) is 18.8. The second kappa shape index (κ2) is 7.20. The number of aromatic nitrogens is 3. The molecule has 0 aliphatic rings. The lowest BCUT2D eigenvalue weighted by molar-refractivity contribution is -0.566. The monoisotopic (exact) mass is 423 g/mol. The van der Waals surface area contributed by atoms with Crippen molar-refractivity contribution in [1.82, 2.24) is 9.71 Å². The van der Waals surface area contributed by atoms with Gasteiger partial charge in [-0.05, 0) is 36.4 Å². The highest BCUT2D eigenvalue weighted by Crippen LogP contribution is 2.19. The molecule has 0 fully saturated rings. The molecular weight excluding hydrogens is 410 g/mol. The number of hydrogen-bond acceptors (Lipinski definition) is 4. The van der Waals surface area contributed by atoms with Crippen LogP contribution in [0.2, 0.25) is 0 Å². The Balaban J connectivity index is 1.91. The summed E-state index contributed by atoms with van der Waals surface area (Å²) in [6.45, 7) is 0.103. The second-order valence-electron chi connectivity index (χ2n) is 5.84. The van der Waals surface area contributed by atoms with E-state index in [-0.39, 0.29) is 12.3 Å². The van der Waals surface area contributed by atoms with Gasteiger partial charge in [-0.2, -0.15) is 4.73 Å². The molecule has 0 spiro atoms. The molecule has 4 rings (SSSR count). The van der Waals surface area contributed by atoms with Gasteiger partial charge >= 0.3 is 5.56 Å². The molecule has 0 saturated heterocycles. The zero-order valence-electron chi connectivity index (χ0n) is 14.1. The van der Waals surface area contributed by atoms with Crippen LogP contribution in [0.25, 0.3) is 22.3 Å². The van der Waals surface area contributed by atoms with Crippen LogP contribution in [0.1, 0.15) is 5.69 Å². The molecule has 6 nitrogen and oxygen atoms in total. The van der Waals surface area contributed by atoms with Gasteiger partial charge in [-0.25, -0.2) is 0 Å². The van der Waals surface area contributed by atoms with Gasteiger partial charge in [0.15, 0.2) is 12.1 Å². The van der Waals surface area contributed by atoms with E-state index in [9.17, 15) is 10.0 Å². The molecule has 4 aromatic rings. The minimum Gasteiger partial charge on any atom is -0.618 e. The molecule has 0 amide bonds. The molecule has 0 aliphatic heterocycles. The maximum absolute atomic E-state index is 13.1. The van der Waals surface area contributed by atoms with E-state index in [2.05, 4.69) is 20.9 Å². The van der Waals surface area contributed by atoms with Crippen molar-refractivity contribution >= 4 is 27.0 Å². The van der Waals surface area contributed by atoms with Gasteiger partial charge in [-0.1, -0.05) is 40.2 Å². The van der Waals surface area contributed by atoms with Crippen molar-refractivity contribution in [2.75, 3.05) is 0 Å². The van der Waals surface area contributed by atoms with Crippen LogP contribution < -0.4 is 15.1 Å². The van der Waals surface area contributed by atoms with Crippen LogP contribution in [0, 0.1) is 5.21 Å². The van der Waals surface area contributed by atoms with Gasteiger partial charge < -0.3 is 10.0 Å². The summed E-state index contributed by atoms with van der Waals surface area (Å²) < 4.78 is 2.59. The van der Waals surface area contributed by atoms with E-state index >= 15 is 0 Å². The molecule has 0 N–H and O–H groups in total. The first-order valence-corrected chi connectivity index (χ1v) is 9.01. The van der Waals surface area contributed by atoms with Crippen molar-refractivity contribution in [2.24, 2.45) is 0 Å². The molecule has 27 heavy (non-hydrogen) atoms. The van der Waals surface area contributed by atoms with Crippen LogP contribution in [0.15, 0.2) is 82.2 Å². The van der Waals surface area contributed by atoms with E-state index in [1.165, 1.54) is 0 Å². The van der Waals surface area contributed by atoms with Crippen molar-refractivity contribution in [1.29, 1.82) is 0 Å². The minimum absolute atomic E-state index is 0.00368. The average Bonchev–Trinajstić information content (AvgIpc) is 2.69. The number of benzene rings is 2. The number of rotatable bonds is 4. The summed E-state index contributed by atoms with van der Waals surface area (Å²) >= 11 is 3.38. The number of para-hydroxylation sites is 2. The van der Waals surface area contributed by atoms with Gasteiger partial charge in [-0.3, -0.25) is 9.78 Å². The minimum atomic E-state index is -0.530. The first-order valence-electron chi connectivity index (χ1n) is 8.21. The molecular formula is C20H14BrN3O3. The summed E-state index contributed by atoms with van der Waals surface area (Å²) in [4.78, 5) is 23.1. The first-order chi connectivity index (χ1) is 13.1. The van der Waals surface area contributed by atoms with Crippen LogP contribution in [-0.4, -0.2) is 9.71 Å². The number of halogens is 1. The molecule has 7 heteroatoms. The highest BCUT2D eigenvalue weighted by Gasteiger charge is 2.23. The third-order valence-electron chi connectivity index (χ3n) is 4.08. The van der Waals surface area contributed by atoms with Gasteiger partial charge in [0.25, 0.3) is 5.69 Å². The third-order valence-corrected chi connectivity index (χ3v) is 4.57. The maximum Gasteiger partial charge on any atom is 0.357 e. The smallest absolute Gasteiger partial charge is 0.357 e. The second-order valence-corrected chi connectivity index (χ2v) is 6.75. The summed E-state index contributed by atoms with van der Waals surface area (Å²) in [5, 5.41) is 12.9. The summed E-state index contributed by atoms with van der Waals surface area (Å²) in [6.07, 6.45) is 1.66. The third kappa shape index (κ3) is 3.29. The van der Waals surface area contributed by atoms with Crippen LogP contribution >= 0.6 is 15.9 Å². The van der Waals surface area contributed by atoms with Crippen molar-refractivity contribution in [3.8, 4) is 11.3 Å². The molecule has 0 aliphatic carbocycles. The number of pyridine rings is 1. The topological polar surface area (TPSA) is 71.1 Å². The Morgan fingerprint density at radius 2 is 1.89 bits per heavy atom. The molecule has 0 radical (unpaired) electrons. The fourth-order valence-corrected chi connectivity index (χ4v) is 3.24. The van der Waals surface area contributed by atoms with Crippen LogP contribution in [0.5, 0.6) is 0 Å². The Bertz CT molecular complexity index is 1180. The van der Waals surface area contributed by atoms with Crippen LogP contribution in [-0.2, 0) is 6.61 Å². The molecule has 0 atom stereocenters. The summed E-state index contributed by atoms with van der Waals surface area (Å²) in [5.41, 5.74) is 1.38. The quantitative estimate of drug-likeness (QED) is 0.373. The largest absolute Gasteiger partial charge is 0.618 e. The Morgan fingerprint density at radius 1 is 1.07 bits per heavy atom. The lowest BCUT2D eigenvalue weighted by Crippen LogP contribution is -2.42. The predicted octanol–water partition coefficient (Wildman–Crippen LogP) is 3.09. The van der Waals surface area contributed by atoms with E-state index < -0.39 is 5.56 Å². The van der Waals surface area contributed by atoms with Gasteiger partial charge in [0.2, 0.25) is 5.52 Å². The molecule has 0 bridgehead atoms. The lowest BCUT2D eigenvalue weighted by atomic mass is 10.1. The number of fused-ring (bicyclic) bond motifs is 1. The van der Waals surface area contributed by atoms with E-state index in [0.717, 1.165) is 9.20 Å². The van der Waals surface area contributed by atoms with Crippen molar-refractivity contribution in [2.45, 2.75) is 6.61 Å². The molecule has 2 aromatic carbocycles. The van der Waals surface area contributed by atoms with Crippen molar-refractivity contribution in [3.63, 3.8) is 0 Å². The Labute approximate surface area is 163 Å². The van der Waals surface area contributed by atoms with Gasteiger partial charge in [0.1, 0.15) is 0 Å². The van der Waals surface area contributed by atoms with Crippen molar-refractivity contribution in [3.05, 3.63) is 98.7 Å².